The van der Waals surface area contributed by atoms with Crippen molar-refractivity contribution in [2.45, 2.75) is 43.8 Å². The fraction of sp³-hybridized carbons (Fsp3) is 0.600. The van der Waals surface area contributed by atoms with Crippen molar-refractivity contribution in [2.24, 2.45) is 0 Å². The Bertz CT molecular complexity index is 747. The van der Waals surface area contributed by atoms with Crippen molar-refractivity contribution in [2.75, 3.05) is 33.9 Å². The zero-order valence-electron chi connectivity index (χ0n) is 15.8. The van der Waals surface area contributed by atoms with Gasteiger partial charge in [0, 0.05) is 32.5 Å². The van der Waals surface area contributed by atoms with Gasteiger partial charge < -0.3 is 23.8 Å². The van der Waals surface area contributed by atoms with Crippen molar-refractivity contribution in [1.29, 1.82) is 0 Å². The number of ether oxygens (including phenoxy) is 4. The van der Waals surface area contributed by atoms with Gasteiger partial charge in [0.05, 0.1) is 26.2 Å². The van der Waals surface area contributed by atoms with Crippen LogP contribution in [0.2, 0.25) is 0 Å². The number of methoxy groups -OCH3 is 2. The van der Waals surface area contributed by atoms with E-state index in [0.717, 1.165) is 12.8 Å². The van der Waals surface area contributed by atoms with Gasteiger partial charge in [-0.3, -0.25) is 9.59 Å². The average Bonchev–Trinajstić information content (AvgIpc) is 3.22. The third-order valence-corrected chi connectivity index (χ3v) is 5.79. The summed E-state index contributed by atoms with van der Waals surface area (Å²) >= 11 is 0. The molecule has 7 nitrogen and oxygen atoms in total. The van der Waals surface area contributed by atoms with Gasteiger partial charge >= 0.3 is 0 Å². The Balaban J connectivity index is 1.53. The zero-order chi connectivity index (χ0) is 19.0. The molecule has 3 aliphatic rings. The van der Waals surface area contributed by atoms with Crippen LogP contribution in [0.4, 0.5) is 0 Å². The summed E-state index contributed by atoms with van der Waals surface area (Å²) in [4.78, 5) is 27.2. The Morgan fingerprint density at radius 3 is 2.63 bits per heavy atom. The molecule has 0 radical (unpaired) electrons. The predicted octanol–water partition coefficient (Wildman–Crippen LogP) is 2.21. The fourth-order valence-electron chi connectivity index (χ4n) is 4.25. The minimum atomic E-state index is -0.600. The van der Waals surface area contributed by atoms with Gasteiger partial charge in [0.2, 0.25) is 5.75 Å². The van der Waals surface area contributed by atoms with Crippen LogP contribution in [-0.4, -0.2) is 62.2 Å². The van der Waals surface area contributed by atoms with E-state index in [2.05, 4.69) is 0 Å². The lowest BCUT2D eigenvalue weighted by Crippen LogP contribution is -2.53. The standard InChI is InChI=1S/C20H25NO6/c1-24-15-6-5-13-14(22)12-20(27-17(13)18(15)25-2)7-9-21(10-8-20)19(23)16-4-3-11-26-16/h5-6,16H,3-4,7-12H2,1-2H3. The first-order valence-corrected chi connectivity index (χ1v) is 9.44. The largest absolute Gasteiger partial charge is 0.493 e. The predicted molar refractivity (Wildman–Crippen MR) is 96.6 cm³/mol. The van der Waals surface area contributed by atoms with Crippen LogP contribution >= 0.6 is 0 Å². The van der Waals surface area contributed by atoms with Gasteiger partial charge in [-0.05, 0) is 25.0 Å². The lowest BCUT2D eigenvalue weighted by molar-refractivity contribution is -0.144. The van der Waals surface area contributed by atoms with E-state index in [0.29, 0.717) is 61.8 Å². The molecule has 0 bridgehead atoms. The summed E-state index contributed by atoms with van der Waals surface area (Å²) in [5, 5.41) is 0. The molecule has 0 aromatic heterocycles. The number of carbonyl (C=O) groups is 2. The summed E-state index contributed by atoms with van der Waals surface area (Å²) in [6.45, 7) is 1.78. The van der Waals surface area contributed by atoms with E-state index in [4.69, 9.17) is 18.9 Å². The van der Waals surface area contributed by atoms with Gasteiger partial charge in [0.1, 0.15) is 11.7 Å². The number of piperidine rings is 1. The van der Waals surface area contributed by atoms with Gasteiger partial charge in [-0.2, -0.15) is 0 Å². The summed E-state index contributed by atoms with van der Waals surface area (Å²) < 4.78 is 22.7. The fourth-order valence-corrected chi connectivity index (χ4v) is 4.25. The van der Waals surface area contributed by atoms with Crippen LogP contribution < -0.4 is 14.2 Å². The molecule has 2 saturated heterocycles. The molecule has 0 saturated carbocycles. The Kier molecular flexibility index (Phi) is 4.72. The molecule has 1 atom stereocenters. The molecular formula is C20H25NO6. The maximum atomic E-state index is 12.8. The molecule has 4 rings (SSSR count). The van der Waals surface area contributed by atoms with Gasteiger partial charge in [-0.15, -0.1) is 0 Å². The Morgan fingerprint density at radius 2 is 2.00 bits per heavy atom. The maximum Gasteiger partial charge on any atom is 0.251 e. The first kappa shape index (κ1) is 18.1. The second kappa shape index (κ2) is 7.03. The first-order chi connectivity index (χ1) is 13.1. The van der Waals surface area contributed by atoms with Crippen LogP contribution in [0.15, 0.2) is 12.1 Å². The van der Waals surface area contributed by atoms with E-state index in [1.807, 2.05) is 4.90 Å². The third kappa shape index (κ3) is 3.14. The van der Waals surface area contributed by atoms with Crippen LogP contribution in [0, 0.1) is 0 Å². The van der Waals surface area contributed by atoms with Crippen molar-refractivity contribution in [3.05, 3.63) is 17.7 Å². The van der Waals surface area contributed by atoms with Crippen LogP contribution in [0.25, 0.3) is 0 Å². The normalized spacial score (nSPS) is 23.7. The van der Waals surface area contributed by atoms with Crippen LogP contribution in [0.5, 0.6) is 17.2 Å². The monoisotopic (exact) mass is 375 g/mol. The minimum absolute atomic E-state index is 0.0381. The number of Topliss-reactive ketones (excluding diaryl/α,β-unsaturated/α-hetero) is 1. The number of benzene rings is 1. The lowest BCUT2D eigenvalue weighted by atomic mass is 9.82. The number of hydrogen-bond acceptors (Lipinski definition) is 6. The van der Waals surface area contributed by atoms with E-state index in [1.165, 1.54) is 7.11 Å². The molecule has 1 aromatic rings. The van der Waals surface area contributed by atoms with E-state index in [9.17, 15) is 9.59 Å². The average molecular weight is 375 g/mol. The van der Waals surface area contributed by atoms with Crippen LogP contribution in [-0.2, 0) is 9.53 Å². The second-order valence-corrected chi connectivity index (χ2v) is 7.39. The van der Waals surface area contributed by atoms with Crippen LogP contribution in [0.3, 0.4) is 0 Å². The highest BCUT2D eigenvalue weighted by Gasteiger charge is 2.45. The van der Waals surface area contributed by atoms with E-state index in [1.54, 1.807) is 19.2 Å². The number of hydrogen-bond donors (Lipinski definition) is 0. The van der Waals surface area contributed by atoms with Gasteiger partial charge in [-0.25, -0.2) is 0 Å². The molecule has 2 fully saturated rings. The molecule has 0 aliphatic carbocycles. The smallest absolute Gasteiger partial charge is 0.251 e. The summed E-state index contributed by atoms with van der Waals surface area (Å²) in [6.07, 6.45) is 2.95. The highest BCUT2D eigenvalue weighted by atomic mass is 16.5. The zero-order valence-corrected chi connectivity index (χ0v) is 15.8. The lowest BCUT2D eigenvalue weighted by Gasteiger charge is -2.44. The summed E-state index contributed by atoms with van der Waals surface area (Å²) in [5.74, 6) is 1.53. The Morgan fingerprint density at radius 1 is 1.22 bits per heavy atom. The Hall–Kier alpha value is -2.28. The van der Waals surface area contributed by atoms with Crippen molar-refractivity contribution >= 4 is 11.7 Å². The number of nitrogens with zero attached hydrogens (tertiary/aromatic N) is 1. The quantitative estimate of drug-likeness (QED) is 0.806. The molecule has 1 spiro atoms. The number of carbonyl (C=O) groups excluding carboxylic acids is 2. The topological polar surface area (TPSA) is 74.3 Å². The molecule has 3 aliphatic heterocycles. The number of amides is 1. The Labute approximate surface area is 158 Å². The number of fused-ring (bicyclic) bond motifs is 1. The van der Waals surface area contributed by atoms with E-state index < -0.39 is 5.60 Å². The molecule has 3 heterocycles. The third-order valence-electron chi connectivity index (χ3n) is 5.79. The molecule has 1 aromatic carbocycles. The first-order valence-electron chi connectivity index (χ1n) is 9.44. The molecule has 7 heteroatoms. The van der Waals surface area contributed by atoms with Crippen molar-refractivity contribution in [3.63, 3.8) is 0 Å². The number of ketones is 1. The van der Waals surface area contributed by atoms with Gasteiger partial charge in [-0.1, -0.05) is 0 Å². The summed E-state index contributed by atoms with van der Waals surface area (Å²) in [7, 11) is 3.09. The summed E-state index contributed by atoms with van der Waals surface area (Å²) in [6, 6.07) is 3.45. The number of likely N-dealkylation sites (tertiary alicyclic amines) is 1. The van der Waals surface area contributed by atoms with Gasteiger partial charge in [0.25, 0.3) is 5.91 Å². The molecule has 146 valence electrons. The molecule has 27 heavy (non-hydrogen) atoms. The van der Waals surface area contributed by atoms with E-state index in [-0.39, 0.29) is 17.8 Å². The second-order valence-electron chi connectivity index (χ2n) is 7.39. The van der Waals surface area contributed by atoms with Crippen LogP contribution in [0.1, 0.15) is 42.5 Å². The highest BCUT2D eigenvalue weighted by molar-refractivity contribution is 6.01. The van der Waals surface area contributed by atoms with Gasteiger partial charge in [0.15, 0.2) is 17.3 Å². The molecule has 1 amide bonds. The SMILES string of the molecule is COc1ccc2c(c1OC)OC1(CCN(C(=O)C3CCCO3)CC1)CC2=O. The molecule has 0 N–H and O–H groups in total. The van der Waals surface area contributed by atoms with Crippen molar-refractivity contribution in [1.82, 2.24) is 4.90 Å². The summed E-state index contributed by atoms with van der Waals surface area (Å²) in [5.41, 5.74) is -0.0760. The minimum Gasteiger partial charge on any atom is -0.493 e. The number of rotatable bonds is 3. The van der Waals surface area contributed by atoms with Crippen molar-refractivity contribution in [3.8, 4) is 17.2 Å². The highest BCUT2D eigenvalue weighted by Crippen LogP contribution is 2.47. The molecule has 1 unspecified atom stereocenters. The van der Waals surface area contributed by atoms with Crippen molar-refractivity contribution < 1.29 is 28.5 Å². The van der Waals surface area contributed by atoms with E-state index >= 15 is 0 Å². The maximum absolute atomic E-state index is 12.8. The molecular weight excluding hydrogens is 350 g/mol.